The largest absolute Gasteiger partial charge is 0.509 e. The summed E-state index contributed by atoms with van der Waals surface area (Å²) >= 11 is 0. The van der Waals surface area contributed by atoms with Crippen LogP contribution in [0.5, 0.6) is 0 Å². The lowest BCUT2D eigenvalue weighted by Crippen LogP contribution is -2.34. The molecular formula is C10H13BF3-. The molecule has 78 valence electrons. The normalized spacial score (nSPS) is 12.1. The van der Waals surface area contributed by atoms with E-state index in [-0.39, 0.29) is 0 Å². The van der Waals surface area contributed by atoms with Gasteiger partial charge in [-0.15, -0.1) is 5.46 Å². The summed E-state index contributed by atoms with van der Waals surface area (Å²) < 4.78 is 37.1. The van der Waals surface area contributed by atoms with Crippen molar-refractivity contribution < 1.29 is 12.9 Å². The number of hydrogen-bond acceptors (Lipinski definition) is 0. The molecule has 0 fully saturated rings. The first-order chi connectivity index (χ1) is 6.39. The molecule has 0 spiro atoms. The van der Waals surface area contributed by atoms with Crippen LogP contribution in [0.3, 0.4) is 0 Å². The summed E-state index contributed by atoms with van der Waals surface area (Å²) in [4.78, 5) is 0. The average molecular weight is 201 g/mol. The zero-order chi connectivity index (χ0) is 10.8. The first kappa shape index (κ1) is 11.2. The molecule has 0 aliphatic rings. The molecule has 0 aromatic heterocycles. The van der Waals surface area contributed by atoms with Gasteiger partial charge >= 0.3 is 6.98 Å². The highest BCUT2D eigenvalue weighted by molar-refractivity contribution is 6.73. The van der Waals surface area contributed by atoms with Crippen molar-refractivity contribution in [2.24, 2.45) is 5.92 Å². The molecule has 0 saturated heterocycles. The second-order valence-electron chi connectivity index (χ2n) is 3.92. The van der Waals surface area contributed by atoms with Gasteiger partial charge in [0.2, 0.25) is 0 Å². The summed E-state index contributed by atoms with van der Waals surface area (Å²) in [6.07, 6.45) is 0.694. The Kier molecular flexibility index (Phi) is 3.24. The minimum Gasteiger partial charge on any atom is -0.445 e. The van der Waals surface area contributed by atoms with E-state index >= 15 is 0 Å². The van der Waals surface area contributed by atoms with Crippen molar-refractivity contribution in [1.29, 1.82) is 0 Å². The van der Waals surface area contributed by atoms with E-state index in [9.17, 15) is 12.9 Å². The molecule has 0 amide bonds. The molecule has 0 atom stereocenters. The smallest absolute Gasteiger partial charge is 0.445 e. The molecule has 1 aromatic rings. The topological polar surface area (TPSA) is 0 Å². The third-order valence-corrected chi connectivity index (χ3v) is 1.97. The van der Waals surface area contributed by atoms with E-state index in [0.717, 1.165) is 11.6 Å². The van der Waals surface area contributed by atoms with Gasteiger partial charge < -0.3 is 12.9 Å². The SMILES string of the molecule is CC(C)Cc1cccc([B-](F)(F)F)c1. The van der Waals surface area contributed by atoms with Crippen LogP contribution in [0.15, 0.2) is 24.3 Å². The molecule has 4 heteroatoms. The highest BCUT2D eigenvalue weighted by Crippen LogP contribution is 2.12. The Balaban J connectivity index is 2.90. The van der Waals surface area contributed by atoms with Crippen molar-refractivity contribution >= 4 is 12.4 Å². The van der Waals surface area contributed by atoms with Gasteiger partial charge in [0.05, 0.1) is 0 Å². The van der Waals surface area contributed by atoms with E-state index in [4.69, 9.17) is 0 Å². The van der Waals surface area contributed by atoms with Crippen LogP contribution in [-0.4, -0.2) is 6.98 Å². The highest BCUT2D eigenvalue weighted by atomic mass is 19.4. The van der Waals surface area contributed by atoms with Crippen LogP contribution in [-0.2, 0) is 6.42 Å². The van der Waals surface area contributed by atoms with Gasteiger partial charge in [0.25, 0.3) is 0 Å². The minimum atomic E-state index is -4.85. The Morgan fingerprint density at radius 3 is 2.36 bits per heavy atom. The van der Waals surface area contributed by atoms with E-state index in [0.29, 0.717) is 12.3 Å². The maximum Gasteiger partial charge on any atom is 0.509 e. The lowest BCUT2D eigenvalue weighted by Gasteiger charge is -2.16. The maximum atomic E-state index is 12.4. The molecule has 0 unspecified atom stereocenters. The zero-order valence-corrected chi connectivity index (χ0v) is 8.31. The predicted molar refractivity (Wildman–Crippen MR) is 53.7 cm³/mol. The summed E-state index contributed by atoms with van der Waals surface area (Å²) in [5.41, 5.74) is 0.264. The van der Waals surface area contributed by atoms with Gasteiger partial charge in [-0.05, 0) is 12.3 Å². The van der Waals surface area contributed by atoms with Crippen LogP contribution in [0, 0.1) is 5.92 Å². The second-order valence-corrected chi connectivity index (χ2v) is 3.92. The van der Waals surface area contributed by atoms with Gasteiger partial charge in [0.1, 0.15) is 0 Å². The molecule has 0 radical (unpaired) electrons. The molecule has 1 aromatic carbocycles. The monoisotopic (exact) mass is 201 g/mol. The van der Waals surface area contributed by atoms with E-state index in [2.05, 4.69) is 0 Å². The third-order valence-electron chi connectivity index (χ3n) is 1.97. The fourth-order valence-electron chi connectivity index (χ4n) is 1.40. The zero-order valence-electron chi connectivity index (χ0n) is 8.31. The maximum absolute atomic E-state index is 12.4. The molecule has 0 heterocycles. The second kappa shape index (κ2) is 4.07. The molecule has 14 heavy (non-hydrogen) atoms. The van der Waals surface area contributed by atoms with Crippen molar-refractivity contribution in [3.63, 3.8) is 0 Å². The summed E-state index contributed by atoms with van der Waals surface area (Å²) in [5, 5.41) is 0. The van der Waals surface area contributed by atoms with Crippen LogP contribution in [0.25, 0.3) is 0 Å². The Morgan fingerprint density at radius 1 is 1.21 bits per heavy atom. The fourth-order valence-corrected chi connectivity index (χ4v) is 1.40. The van der Waals surface area contributed by atoms with Crippen molar-refractivity contribution in [3.05, 3.63) is 29.8 Å². The van der Waals surface area contributed by atoms with Crippen LogP contribution < -0.4 is 5.46 Å². The van der Waals surface area contributed by atoms with Gasteiger partial charge in [0.15, 0.2) is 0 Å². The van der Waals surface area contributed by atoms with Crippen LogP contribution in [0.2, 0.25) is 0 Å². The Morgan fingerprint density at radius 2 is 1.86 bits per heavy atom. The number of halogens is 3. The molecule has 0 N–H and O–H groups in total. The summed E-state index contributed by atoms with van der Waals surface area (Å²) in [6.45, 7) is -0.870. The lowest BCUT2D eigenvalue weighted by molar-refractivity contribution is 0.501. The van der Waals surface area contributed by atoms with Gasteiger partial charge in [-0.1, -0.05) is 43.7 Å². The van der Waals surface area contributed by atoms with E-state index in [1.807, 2.05) is 13.8 Å². The van der Waals surface area contributed by atoms with Crippen molar-refractivity contribution in [1.82, 2.24) is 0 Å². The molecule has 0 bridgehead atoms. The van der Waals surface area contributed by atoms with E-state index < -0.39 is 12.4 Å². The Labute approximate surface area is 82.2 Å². The molecule has 0 nitrogen and oxygen atoms in total. The summed E-state index contributed by atoms with van der Waals surface area (Å²) in [7, 11) is 0. The molecule has 0 saturated carbocycles. The van der Waals surface area contributed by atoms with Crippen molar-refractivity contribution in [3.8, 4) is 0 Å². The number of rotatable bonds is 3. The van der Waals surface area contributed by atoms with Gasteiger partial charge in [-0.25, -0.2) is 0 Å². The third kappa shape index (κ3) is 3.09. The lowest BCUT2D eigenvalue weighted by atomic mass is 9.79. The predicted octanol–water partition coefficient (Wildman–Crippen LogP) is 2.94. The van der Waals surface area contributed by atoms with E-state index in [1.54, 1.807) is 6.07 Å². The number of benzene rings is 1. The van der Waals surface area contributed by atoms with E-state index in [1.165, 1.54) is 12.1 Å². The summed E-state index contributed by atoms with van der Waals surface area (Å²) in [6, 6.07) is 5.59. The quantitative estimate of drug-likeness (QED) is 0.659. The Hall–Kier alpha value is -0.925. The van der Waals surface area contributed by atoms with Crippen molar-refractivity contribution in [2.75, 3.05) is 0 Å². The Bertz CT molecular complexity index is 304. The van der Waals surface area contributed by atoms with Crippen LogP contribution in [0.4, 0.5) is 12.9 Å². The average Bonchev–Trinajstić information content (AvgIpc) is 2.01. The number of hydrogen-bond donors (Lipinski definition) is 0. The molecular weight excluding hydrogens is 188 g/mol. The standard InChI is InChI=1S/C10H13BF3/c1-8(2)6-9-4-3-5-10(7-9)11(12,13)14/h3-5,7-8H,6H2,1-2H3/q-1. The minimum absolute atomic E-state index is 0.381. The highest BCUT2D eigenvalue weighted by Gasteiger charge is 2.25. The van der Waals surface area contributed by atoms with Crippen LogP contribution >= 0.6 is 0 Å². The van der Waals surface area contributed by atoms with Crippen LogP contribution in [0.1, 0.15) is 19.4 Å². The van der Waals surface area contributed by atoms with Gasteiger partial charge in [-0.3, -0.25) is 0 Å². The molecule has 0 aliphatic carbocycles. The first-order valence-corrected chi connectivity index (χ1v) is 4.68. The first-order valence-electron chi connectivity index (χ1n) is 4.68. The fraction of sp³-hybridized carbons (Fsp3) is 0.400. The summed E-state index contributed by atoms with van der Waals surface area (Å²) in [5.74, 6) is 0.381. The molecule has 0 aliphatic heterocycles. The van der Waals surface area contributed by atoms with Gasteiger partial charge in [-0.2, -0.15) is 0 Å². The van der Waals surface area contributed by atoms with Crippen molar-refractivity contribution in [2.45, 2.75) is 20.3 Å². The van der Waals surface area contributed by atoms with Gasteiger partial charge in [0, 0.05) is 0 Å². The molecule has 1 rings (SSSR count).